The Hall–Kier alpha value is -1.99. The highest BCUT2D eigenvalue weighted by atomic mass is 19.1. The van der Waals surface area contributed by atoms with E-state index in [0.29, 0.717) is 17.5 Å². The van der Waals surface area contributed by atoms with Crippen molar-refractivity contribution < 1.29 is 9.18 Å². The summed E-state index contributed by atoms with van der Waals surface area (Å²) in [6.07, 6.45) is 7.66. The number of carbonyl (C=O) groups is 1. The minimum absolute atomic E-state index is 0.0637. The number of amides is 1. The third-order valence-electron chi connectivity index (χ3n) is 6.50. The van der Waals surface area contributed by atoms with Crippen molar-refractivity contribution in [1.29, 1.82) is 0 Å². The summed E-state index contributed by atoms with van der Waals surface area (Å²) >= 11 is 0. The molecule has 1 saturated carbocycles. The monoisotopic (exact) mass is 371 g/mol. The molecule has 3 N–H and O–H groups in total. The van der Waals surface area contributed by atoms with Gasteiger partial charge in [0, 0.05) is 18.5 Å². The van der Waals surface area contributed by atoms with Crippen LogP contribution in [0.2, 0.25) is 0 Å². The molecule has 3 aliphatic rings. The van der Waals surface area contributed by atoms with Crippen LogP contribution in [0.3, 0.4) is 0 Å². The summed E-state index contributed by atoms with van der Waals surface area (Å²) in [6, 6.07) is 4.77. The second-order valence-corrected chi connectivity index (χ2v) is 8.15. The molecule has 0 spiro atoms. The molecule has 1 aromatic carbocycles. The van der Waals surface area contributed by atoms with Crippen LogP contribution < -0.4 is 10.9 Å². The number of rotatable bonds is 2. The number of fused-ring (bicyclic) bond motifs is 2. The van der Waals surface area contributed by atoms with Gasteiger partial charge in [0.2, 0.25) is 5.91 Å². The van der Waals surface area contributed by atoms with Crippen LogP contribution in [0.15, 0.2) is 18.2 Å². The van der Waals surface area contributed by atoms with Gasteiger partial charge in [-0.15, -0.1) is 0 Å². The smallest absolute Gasteiger partial charge is 0.242 e. The Bertz CT molecular complexity index is 852. The first-order valence-electron chi connectivity index (χ1n) is 10.2. The Balaban J connectivity index is 1.42. The fourth-order valence-electron chi connectivity index (χ4n) is 5.10. The number of piperidine rings is 1. The third-order valence-corrected chi connectivity index (χ3v) is 6.50. The molecule has 3 heterocycles. The molecule has 7 heteroatoms. The summed E-state index contributed by atoms with van der Waals surface area (Å²) in [6.45, 7) is 0.754. The topological polar surface area (TPSA) is 73.1 Å². The molecule has 2 saturated heterocycles. The van der Waals surface area contributed by atoms with E-state index >= 15 is 0 Å². The molecule has 4 unspecified atom stereocenters. The maximum Gasteiger partial charge on any atom is 0.242 e. The van der Waals surface area contributed by atoms with Crippen molar-refractivity contribution in [2.24, 2.45) is 5.92 Å². The van der Waals surface area contributed by atoms with Crippen molar-refractivity contribution in [1.82, 2.24) is 25.7 Å². The zero-order chi connectivity index (χ0) is 18.4. The average Bonchev–Trinajstić information content (AvgIpc) is 3.31. The van der Waals surface area contributed by atoms with Crippen LogP contribution in [0.4, 0.5) is 4.39 Å². The van der Waals surface area contributed by atoms with Gasteiger partial charge in [0.05, 0.1) is 17.1 Å². The van der Waals surface area contributed by atoms with Crippen LogP contribution in [-0.2, 0) is 4.79 Å². The largest absolute Gasteiger partial charge is 0.340 e. The number of H-pyrrole nitrogens is 1. The number of imidazole rings is 1. The van der Waals surface area contributed by atoms with Gasteiger partial charge in [-0.2, -0.15) is 0 Å². The molecule has 27 heavy (non-hydrogen) atoms. The van der Waals surface area contributed by atoms with E-state index in [4.69, 9.17) is 0 Å². The van der Waals surface area contributed by atoms with E-state index in [1.54, 1.807) is 6.07 Å². The molecule has 0 bridgehead atoms. The zero-order valence-electron chi connectivity index (χ0n) is 15.4. The fraction of sp³-hybridized carbons (Fsp3) is 0.600. The predicted molar refractivity (Wildman–Crippen MR) is 100 cm³/mol. The lowest BCUT2D eigenvalue weighted by atomic mass is 9.81. The summed E-state index contributed by atoms with van der Waals surface area (Å²) in [4.78, 5) is 23.3. The minimum Gasteiger partial charge on any atom is -0.340 e. The van der Waals surface area contributed by atoms with E-state index in [1.807, 2.05) is 4.90 Å². The molecule has 1 aromatic heterocycles. The number of nitrogens with one attached hydrogen (secondary N) is 3. The van der Waals surface area contributed by atoms with Gasteiger partial charge >= 0.3 is 0 Å². The summed E-state index contributed by atoms with van der Waals surface area (Å²) in [5.41, 5.74) is 8.07. The number of hydrogen-bond donors (Lipinski definition) is 3. The maximum atomic E-state index is 13.5. The lowest BCUT2D eigenvalue weighted by molar-refractivity contribution is -0.138. The number of aromatic nitrogens is 2. The predicted octanol–water partition coefficient (Wildman–Crippen LogP) is 2.79. The Morgan fingerprint density at radius 2 is 1.96 bits per heavy atom. The van der Waals surface area contributed by atoms with E-state index in [0.717, 1.165) is 50.0 Å². The quantitative estimate of drug-likeness (QED) is 0.759. The number of carbonyl (C=O) groups excluding carboxylic acids is 1. The summed E-state index contributed by atoms with van der Waals surface area (Å²) < 4.78 is 13.5. The Morgan fingerprint density at radius 3 is 2.89 bits per heavy atom. The van der Waals surface area contributed by atoms with E-state index in [-0.39, 0.29) is 23.8 Å². The Morgan fingerprint density at radius 1 is 1.11 bits per heavy atom. The van der Waals surface area contributed by atoms with Crippen molar-refractivity contribution in [2.75, 3.05) is 6.54 Å². The van der Waals surface area contributed by atoms with Gasteiger partial charge in [-0.05, 0) is 50.3 Å². The van der Waals surface area contributed by atoms with Gasteiger partial charge < -0.3 is 9.88 Å². The molecule has 1 aliphatic carbocycles. The molecule has 1 amide bonds. The maximum absolute atomic E-state index is 13.5. The molecule has 2 aromatic rings. The second kappa shape index (κ2) is 6.87. The number of hydrazine groups is 1. The number of hydrogen-bond acceptors (Lipinski definition) is 4. The summed E-state index contributed by atoms with van der Waals surface area (Å²) in [5.74, 6) is 1.04. The average molecular weight is 371 g/mol. The van der Waals surface area contributed by atoms with Crippen molar-refractivity contribution in [3.63, 3.8) is 0 Å². The van der Waals surface area contributed by atoms with Crippen molar-refractivity contribution >= 4 is 16.9 Å². The number of benzene rings is 1. The van der Waals surface area contributed by atoms with Gasteiger partial charge in [-0.1, -0.05) is 12.8 Å². The van der Waals surface area contributed by atoms with Gasteiger partial charge in [-0.3, -0.25) is 10.2 Å². The van der Waals surface area contributed by atoms with Crippen LogP contribution in [0, 0.1) is 11.7 Å². The molecular formula is C20H26FN5O. The summed E-state index contributed by atoms with van der Waals surface area (Å²) in [7, 11) is 0. The number of halogens is 1. The SMILES string of the molecule is O=C(C1NNC2CCCCC21)N1CCCCC1c1nc2ccc(F)cc2[nH]1. The van der Waals surface area contributed by atoms with Crippen molar-refractivity contribution in [3.8, 4) is 0 Å². The lowest BCUT2D eigenvalue weighted by Crippen LogP contribution is -2.50. The molecule has 144 valence electrons. The normalized spacial score (nSPS) is 31.2. The first kappa shape index (κ1) is 17.1. The van der Waals surface area contributed by atoms with Crippen LogP contribution in [0.25, 0.3) is 11.0 Å². The third kappa shape index (κ3) is 3.02. The van der Waals surface area contributed by atoms with Crippen molar-refractivity contribution in [2.45, 2.75) is 63.1 Å². The van der Waals surface area contributed by atoms with E-state index in [2.05, 4.69) is 20.8 Å². The summed E-state index contributed by atoms with van der Waals surface area (Å²) in [5, 5.41) is 0. The Kier molecular flexibility index (Phi) is 4.36. The van der Waals surface area contributed by atoms with E-state index in [9.17, 15) is 9.18 Å². The molecule has 4 atom stereocenters. The van der Waals surface area contributed by atoms with Gasteiger partial charge in [0.25, 0.3) is 0 Å². The standard InChI is InChI=1S/C20H26FN5O/c21-12-8-9-15-16(11-12)23-19(22-15)17-7-3-4-10-26(17)20(27)18-13-5-1-2-6-14(13)24-25-18/h8-9,11,13-14,17-18,24-25H,1-7,10H2,(H,22,23). The first-order valence-corrected chi connectivity index (χ1v) is 10.2. The van der Waals surface area contributed by atoms with E-state index in [1.165, 1.54) is 25.0 Å². The molecule has 3 fully saturated rings. The Labute approximate surface area is 157 Å². The highest BCUT2D eigenvalue weighted by molar-refractivity contribution is 5.83. The zero-order valence-corrected chi connectivity index (χ0v) is 15.4. The number of aromatic amines is 1. The molecular weight excluding hydrogens is 345 g/mol. The number of likely N-dealkylation sites (tertiary alicyclic amines) is 1. The van der Waals surface area contributed by atoms with Crippen LogP contribution >= 0.6 is 0 Å². The van der Waals surface area contributed by atoms with E-state index < -0.39 is 0 Å². The van der Waals surface area contributed by atoms with Crippen molar-refractivity contribution in [3.05, 3.63) is 29.8 Å². The van der Waals surface area contributed by atoms with Crippen LogP contribution in [-0.4, -0.2) is 39.4 Å². The van der Waals surface area contributed by atoms with Crippen LogP contribution in [0.5, 0.6) is 0 Å². The first-order chi connectivity index (χ1) is 13.2. The highest BCUT2D eigenvalue weighted by Crippen LogP contribution is 2.35. The molecule has 5 rings (SSSR count). The molecule has 2 aliphatic heterocycles. The molecule has 6 nitrogen and oxygen atoms in total. The van der Waals surface area contributed by atoms with Gasteiger partial charge in [0.1, 0.15) is 17.7 Å². The fourth-order valence-corrected chi connectivity index (χ4v) is 5.10. The number of nitrogens with zero attached hydrogens (tertiary/aromatic N) is 2. The van der Waals surface area contributed by atoms with Gasteiger partial charge in [-0.25, -0.2) is 14.8 Å². The molecule has 0 radical (unpaired) electrons. The lowest BCUT2D eigenvalue weighted by Gasteiger charge is -2.37. The highest BCUT2D eigenvalue weighted by Gasteiger charge is 2.44. The van der Waals surface area contributed by atoms with Crippen LogP contribution in [0.1, 0.15) is 56.8 Å². The minimum atomic E-state index is -0.279. The second-order valence-electron chi connectivity index (χ2n) is 8.15. The van der Waals surface area contributed by atoms with Gasteiger partial charge in [0.15, 0.2) is 0 Å².